The summed E-state index contributed by atoms with van der Waals surface area (Å²) in [7, 11) is 0. The summed E-state index contributed by atoms with van der Waals surface area (Å²) in [5.74, 6) is -0.179. The molecule has 1 unspecified atom stereocenters. The molecule has 1 amide bonds. The fraction of sp³-hybridized carbons (Fsp3) is 0.308. The van der Waals surface area contributed by atoms with Crippen molar-refractivity contribution in [2.75, 3.05) is 5.32 Å². The highest BCUT2D eigenvalue weighted by molar-refractivity contribution is 9.10. The van der Waals surface area contributed by atoms with Crippen molar-refractivity contribution in [2.45, 2.75) is 25.8 Å². The lowest BCUT2D eigenvalue weighted by molar-refractivity contribution is -0.117. The minimum atomic E-state index is -0.541. The molecule has 0 aromatic heterocycles. The average Bonchev–Trinajstić information content (AvgIpc) is 2.31. The summed E-state index contributed by atoms with van der Waals surface area (Å²) in [5, 5.41) is 2.84. The Morgan fingerprint density at radius 2 is 2.35 bits per heavy atom. The van der Waals surface area contributed by atoms with E-state index < -0.39 is 6.04 Å². The maximum Gasteiger partial charge on any atom is 0.241 e. The third-order valence-corrected chi connectivity index (χ3v) is 2.96. The first-order valence-electron chi connectivity index (χ1n) is 5.54. The minimum Gasteiger partial charge on any atom is -0.324 e. The number of halogens is 1. The fourth-order valence-electron chi connectivity index (χ4n) is 1.49. The number of hydrogen-bond acceptors (Lipinski definition) is 2. The lowest BCUT2D eigenvalue weighted by Gasteiger charge is -2.13. The van der Waals surface area contributed by atoms with E-state index in [4.69, 9.17) is 5.73 Å². The topological polar surface area (TPSA) is 55.1 Å². The van der Waals surface area contributed by atoms with Crippen molar-refractivity contribution in [2.24, 2.45) is 5.73 Å². The van der Waals surface area contributed by atoms with Crippen LogP contribution in [-0.2, 0) is 11.2 Å². The third kappa shape index (κ3) is 3.98. The van der Waals surface area contributed by atoms with E-state index in [0.717, 1.165) is 22.1 Å². The lowest BCUT2D eigenvalue weighted by atomic mass is 10.1. The molecule has 1 rings (SSSR count). The predicted octanol–water partition coefficient (Wildman–Crippen LogP) is 2.85. The van der Waals surface area contributed by atoms with E-state index in [9.17, 15) is 4.79 Å². The SMILES string of the molecule is C=CCC(N)C(=O)Nc1ccc(Br)cc1CC. The van der Waals surface area contributed by atoms with Gasteiger partial charge in [0.15, 0.2) is 0 Å². The van der Waals surface area contributed by atoms with Gasteiger partial charge in [-0.25, -0.2) is 0 Å². The Morgan fingerprint density at radius 3 is 2.94 bits per heavy atom. The highest BCUT2D eigenvalue weighted by Gasteiger charge is 2.13. The summed E-state index contributed by atoms with van der Waals surface area (Å²) in [6, 6.07) is 5.23. The number of carbonyl (C=O) groups excluding carboxylic acids is 1. The summed E-state index contributed by atoms with van der Waals surface area (Å²) in [4.78, 5) is 11.8. The van der Waals surface area contributed by atoms with Crippen LogP contribution in [-0.4, -0.2) is 11.9 Å². The normalized spacial score (nSPS) is 11.9. The van der Waals surface area contributed by atoms with Crippen LogP contribution in [0, 0.1) is 0 Å². The number of rotatable bonds is 5. The van der Waals surface area contributed by atoms with Crippen LogP contribution in [0.5, 0.6) is 0 Å². The molecule has 0 bridgehead atoms. The Labute approximate surface area is 110 Å². The quantitative estimate of drug-likeness (QED) is 0.821. The molecule has 92 valence electrons. The Bertz CT molecular complexity index is 418. The average molecular weight is 297 g/mol. The second-order valence-electron chi connectivity index (χ2n) is 3.78. The first-order valence-corrected chi connectivity index (χ1v) is 6.33. The standard InChI is InChI=1S/C13H17BrN2O/c1-3-5-11(15)13(17)16-12-7-6-10(14)8-9(12)4-2/h3,6-8,11H,1,4-5,15H2,2H3,(H,16,17). The number of hydrogen-bond donors (Lipinski definition) is 2. The molecule has 0 aliphatic rings. The number of aryl methyl sites for hydroxylation is 1. The van der Waals surface area contributed by atoms with Crippen LogP contribution < -0.4 is 11.1 Å². The molecule has 0 heterocycles. The molecule has 0 spiro atoms. The van der Waals surface area contributed by atoms with E-state index in [2.05, 4.69) is 27.8 Å². The summed E-state index contributed by atoms with van der Waals surface area (Å²) in [6.45, 7) is 5.61. The Balaban J connectivity index is 2.80. The molecule has 1 atom stereocenters. The van der Waals surface area contributed by atoms with Crippen LogP contribution in [0.3, 0.4) is 0 Å². The molecular formula is C13H17BrN2O. The van der Waals surface area contributed by atoms with Crippen LogP contribution in [0.1, 0.15) is 18.9 Å². The molecule has 4 heteroatoms. The second-order valence-corrected chi connectivity index (χ2v) is 4.69. The monoisotopic (exact) mass is 296 g/mol. The van der Waals surface area contributed by atoms with Gasteiger partial charge < -0.3 is 11.1 Å². The van der Waals surface area contributed by atoms with Gasteiger partial charge in [0.2, 0.25) is 5.91 Å². The van der Waals surface area contributed by atoms with Gasteiger partial charge >= 0.3 is 0 Å². The molecule has 17 heavy (non-hydrogen) atoms. The predicted molar refractivity (Wildman–Crippen MR) is 74.9 cm³/mol. The largest absolute Gasteiger partial charge is 0.324 e. The van der Waals surface area contributed by atoms with Gasteiger partial charge in [0.1, 0.15) is 0 Å². The van der Waals surface area contributed by atoms with Crippen molar-refractivity contribution in [3.05, 3.63) is 40.9 Å². The summed E-state index contributed by atoms with van der Waals surface area (Å²) < 4.78 is 1.00. The number of nitrogens with one attached hydrogen (secondary N) is 1. The van der Waals surface area contributed by atoms with Gasteiger partial charge in [0.25, 0.3) is 0 Å². The van der Waals surface area contributed by atoms with Crippen LogP contribution >= 0.6 is 15.9 Å². The van der Waals surface area contributed by atoms with Gasteiger partial charge in [0.05, 0.1) is 6.04 Å². The van der Waals surface area contributed by atoms with Crippen LogP contribution in [0.2, 0.25) is 0 Å². The maximum absolute atomic E-state index is 11.8. The van der Waals surface area contributed by atoms with Crippen molar-refractivity contribution in [1.82, 2.24) is 0 Å². The van der Waals surface area contributed by atoms with Gasteiger partial charge in [0, 0.05) is 10.2 Å². The zero-order valence-corrected chi connectivity index (χ0v) is 11.5. The molecule has 3 nitrogen and oxygen atoms in total. The first-order chi connectivity index (χ1) is 8.08. The van der Waals surface area contributed by atoms with Crippen molar-refractivity contribution in [3.63, 3.8) is 0 Å². The van der Waals surface area contributed by atoms with E-state index in [1.165, 1.54) is 0 Å². The maximum atomic E-state index is 11.8. The minimum absolute atomic E-state index is 0.179. The van der Waals surface area contributed by atoms with E-state index in [-0.39, 0.29) is 5.91 Å². The molecule has 3 N–H and O–H groups in total. The van der Waals surface area contributed by atoms with Gasteiger partial charge in [-0.2, -0.15) is 0 Å². The van der Waals surface area contributed by atoms with Crippen LogP contribution in [0.25, 0.3) is 0 Å². The van der Waals surface area contributed by atoms with Gasteiger partial charge in [-0.1, -0.05) is 28.9 Å². The zero-order chi connectivity index (χ0) is 12.8. The van der Waals surface area contributed by atoms with Crippen molar-refractivity contribution in [1.29, 1.82) is 0 Å². The summed E-state index contributed by atoms with van der Waals surface area (Å²) in [6.07, 6.45) is 2.97. The third-order valence-electron chi connectivity index (χ3n) is 2.46. The van der Waals surface area contributed by atoms with E-state index in [1.807, 2.05) is 25.1 Å². The highest BCUT2D eigenvalue weighted by Crippen LogP contribution is 2.21. The zero-order valence-electron chi connectivity index (χ0n) is 9.87. The molecule has 0 saturated carbocycles. The van der Waals surface area contributed by atoms with Crippen LogP contribution in [0.4, 0.5) is 5.69 Å². The summed E-state index contributed by atoms with van der Waals surface area (Å²) >= 11 is 3.41. The molecular weight excluding hydrogens is 280 g/mol. The molecule has 1 aromatic carbocycles. The number of nitrogens with two attached hydrogens (primary N) is 1. The molecule has 0 aliphatic heterocycles. The smallest absolute Gasteiger partial charge is 0.241 e. The van der Waals surface area contributed by atoms with E-state index in [0.29, 0.717) is 6.42 Å². The van der Waals surface area contributed by atoms with E-state index in [1.54, 1.807) is 6.08 Å². The van der Waals surface area contributed by atoms with Gasteiger partial charge in [-0.3, -0.25) is 4.79 Å². The van der Waals surface area contributed by atoms with Gasteiger partial charge in [-0.15, -0.1) is 6.58 Å². The van der Waals surface area contributed by atoms with Crippen molar-refractivity contribution in [3.8, 4) is 0 Å². The molecule has 0 fully saturated rings. The van der Waals surface area contributed by atoms with Crippen molar-refractivity contribution < 1.29 is 4.79 Å². The number of anilines is 1. The highest BCUT2D eigenvalue weighted by atomic mass is 79.9. The Morgan fingerprint density at radius 1 is 1.65 bits per heavy atom. The van der Waals surface area contributed by atoms with Crippen LogP contribution in [0.15, 0.2) is 35.3 Å². The number of amides is 1. The summed E-state index contributed by atoms with van der Waals surface area (Å²) in [5.41, 5.74) is 7.61. The Hall–Kier alpha value is -1.13. The van der Waals surface area contributed by atoms with Gasteiger partial charge in [-0.05, 0) is 36.6 Å². The Kier molecular flexibility index (Phi) is 5.38. The number of carbonyl (C=O) groups is 1. The molecule has 0 radical (unpaired) electrons. The molecule has 1 aromatic rings. The van der Waals surface area contributed by atoms with E-state index >= 15 is 0 Å². The fourth-order valence-corrected chi connectivity index (χ4v) is 1.90. The lowest BCUT2D eigenvalue weighted by Crippen LogP contribution is -2.35. The second kappa shape index (κ2) is 6.57. The molecule has 0 aliphatic carbocycles. The molecule has 0 saturated heterocycles. The number of benzene rings is 1. The van der Waals surface area contributed by atoms with Crippen molar-refractivity contribution >= 4 is 27.5 Å². The first kappa shape index (κ1) is 13.9.